The van der Waals surface area contributed by atoms with E-state index in [-0.39, 0.29) is 30.2 Å². The number of benzene rings is 2. The van der Waals surface area contributed by atoms with Gasteiger partial charge in [0, 0.05) is 0 Å². The average Bonchev–Trinajstić information content (AvgIpc) is 3.32. The van der Waals surface area contributed by atoms with Gasteiger partial charge in [-0.05, 0) is 49.2 Å². The SMILES string of the molecule is Cc1ccc(CC(=O)N(Cc2ccco2)c2nc3c(F)cccc3s2)c(C)c1. The van der Waals surface area contributed by atoms with Crippen molar-refractivity contribution in [2.24, 2.45) is 0 Å². The number of aromatic nitrogens is 1. The topological polar surface area (TPSA) is 46.3 Å². The Bertz CT molecular complexity index is 1130. The number of fused-ring (bicyclic) bond motifs is 1. The van der Waals surface area contributed by atoms with Crippen LogP contribution in [-0.2, 0) is 17.8 Å². The van der Waals surface area contributed by atoms with Crippen molar-refractivity contribution in [3.05, 3.63) is 83.1 Å². The first-order valence-electron chi connectivity index (χ1n) is 8.95. The standard InChI is InChI=1S/C22H19FN2O2S/c1-14-8-9-16(15(2)11-14)12-20(26)25(13-17-5-4-10-27-17)22-24-21-18(23)6-3-7-19(21)28-22/h3-11H,12-13H2,1-2H3. The van der Waals surface area contributed by atoms with Crippen LogP contribution in [-0.4, -0.2) is 10.9 Å². The Morgan fingerprint density at radius 2 is 2.04 bits per heavy atom. The molecule has 0 aliphatic carbocycles. The third kappa shape index (κ3) is 3.68. The lowest BCUT2D eigenvalue weighted by Crippen LogP contribution is -2.31. The predicted molar refractivity (Wildman–Crippen MR) is 109 cm³/mol. The molecule has 28 heavy (non-hydrogen) atoms. The molecule has 6 heteroatoms. The van der Waals surface area contributed by atoms with Crippen molar-refractivity contribution in [2.45, 2.75) is 26.8 Å². The molecule has 1 amide bonds. The molecular weight excluding hydrogens is 375 g/mol. The van der Waals surface area contributed by atoms with Crippen molar-refractivity contribution >= 4 is 32.6 Å². The second kappa shape index (κ2) is 7.56. The molecule has 0 spiro atoms. The molecule has 2 aromatic carbocycles. The highest BCUT2D eigenvalue weighted by Crippen LogP contribution is 2.31. The Hall–Kier alpha value is -2.99. The van der Waals surface area contributed by atoms with Crippen molar-refractivity contribution < 1.29 is 13.6 Å². The van der Waals surface area contributed by atoms with Gasteiger partial charge in [0.1, 0.15) is 17.1 Å². The molecule has 4 nitrogen and oxygen atoms in total. The van der Waals surface area contributed by atoms with Gasteiger partial charge < -0.3 is 4.42 Å². The van der Waals surface area contributed by atoms with Gasteiger partial charge in [-0.2, -0.15) is 0 Å². The number of aryl methyl sites for hydroxylation is 2. The molecular formula is C22H19FN2O2S. The van der Waals surface area contributed by atoms with Gasteiger partial charge in [0.05, 0.1) is 23.9 Å². The average molecular weight is 394 g/mol. The number of amides is 1. The molecule has 142 valence electrons. The number of rotatable bonds is 5. The van der Waals surface area contributed by atoms with E-state index >= 15 is 0 Å². The number of hydrogen-bond acceptors (Lipinski definition) is 4. The molecule has 4 rings (SSSR count). The summed E-state index contributed by atoms with van der Waals surface area (Å²) in [6, 6.07) is 14.5. The quantitative estimate of drug-likeness (QED) is 0.454. The highest BCUT2D eigenvalue weighted by atomic mass is 32.1. The van der Waals surface area contributed by atoms with Crippen LogP contribution in [0, 0.1) is 19.7 Å². The van der Waals surface area contributed by atoms with Gasteiger partial charge in [0.15, 0.2) is 5.13 Å². The second-order valence-electron chi connectivity index (χ2n) is 6.75. The van der Waals surface area contributed by atoms with Crippen molar-refractivity contribution in [2.75, 3.05) is 4.90 Å². The van der Waals surface area contributed by atoms with Gasteiger partial charge in [-0.15, -0.1) is 0 Å². The van der Waals surface area contributed by atoms with Crippen LogP contribution in [0.4, 0.5) is 9.52 Å². The zero-order chi connectivity index (χ0) is 19.7. The molecule has 0 aliphatic rings. The van der Waals surface area contributed by atoms with Gasteiger partial charge in [-0.3, -0.25) is 9.69 Å². The van der Waals surface area contributed by atoms with Gasteiger partial charge in [-0.25, -0.2) is 9.37 Å². The first-order valence-corrected chi connectivity index (χ1v) is 9.77. The third-order valence-corrected chi connectivity index (χ3v) is 5.67. The molecule has 2 aromatic heterocycles. The van der Waals surface area contributed by atoms with Crippen molar-refractivity contribution in [3.63, 3.8) is 0 Å². The Labute approximate surface area is 166 Å². The Morgan fingerprint density at radius 1 is 1.18 bits per heavy atom. The second-order valence-corrected chi connectivity index (χ2v) is 7.76. The monoisotopic (exact) mass is 394 g/mol. The first kappa shape index (κ1) is 18.4. The molecule has 0 aliphatic heterocycles. The fourth-order valence-electron chi connectivity index (χ4n) is 3.14. The number of halogens is 1. The lowest BCUT2D eigenvalue weighted by molar-refractivity contribution is -0.118. The van der Waals surface area contributed by atoms with E-state index in [0.717, 1.165) is 16.7 Å². The van der Waals surface area contributed by atoms with Crippen LogP contribution in [0.1, 0.15) is 22.5 Å². The fraction of sp³-hybridized carbons (Fsp3) is 0.182. The summed E-state index contributed by atoms with van der Waals surface area (Å²) >= 11 is 1.30. The summed E-state index contributed by atoms with van der Waals surface area (Å²) in [4.78, 5) is 19.2. The zero-order valence-electron chi connectivity index (χ0n) is 15.6. The van der Waals surface area contributed by atoms with E-state index in [2.05, 4.69) is 11.1 Å². The van der Waals surface area contributed by atoms with E-state index in [1.807, 2.05) is 32.0 Å². The highest BCUT2D eigenvalue weighted by molar-refractivity contribution is 7.22. The first-order chi connectivity index (χ1) is 13.5. The molecule has 4 aromatic rings. The van der Waals surface area contributed by atoms with Crippen LogP contribution >= 0.6 is 11.3 Å². The van der Waals surface area contributed by atoms with Crippen LogP contribution < -0.4 is 4.90 Å². The number of hydrogen-bond donors (Lipinski definition) is 0. The van der Waals surface area contributed by atoms with Gasteiger partial charge in [0.25, 0.3) is 0 Å². The molecule has 0 saturated heterocycles. The molecule has 0 fully saturated rings. The number of carbonyl (C=O) groups is 1. The Balaban J connectivity index is 1.69. The van der Waals surface area contributed by atoms with E-state index in [0.29, 0.717) is 15.6 Å². The minimum atomic E-state index is -0.389. The lowest BCUT2D eigenvalue weighted by Gasteiger charge is -2.19. The van der Waals surface area contributed by atoms with Gasteiger partial charge >= 0.3 is 0 Å². The summed E-state index contributed by atoms with van der Waals surface area (Å²) in [5, 5.41) is 0.464. The van der Waals surface area contributed by atoms with E-state index in [9.17, 15) is 9.18 Å². The number of carbonyl (C=O) groups excluding carboxylic acids is 1. The minimum Gasteiger partial charge on any atom is -0.467 e. The van der Waals surface area contributed by atoms with Crippen LogP contribution in [0.5, 0.6) is 0 Å². The maximum absolute atomic E-state index is 14.1. The summed E-state index contributed by atoms with van der Waals surface area (Å²) in [5.74, 6) is 0.149. The molecule has 0 bridgehead atoms. The number of furan rings is 1. The van der Waals surface area contributed by atoms with Crippen molar-refractivity contribution in [1.82, 2.24) is 4.98 Å². The summed E-state index contributed by atoms with van der Waals surface area (Å²) < 4.78 is 20.2. The summed E-state index contributed by atoms with van der Waals surface area (Å²) in [6.07, 6.45) is 1.81. The Morgan fingerprint density at radius 3 is 2.75 bits per heavy atom. The van der Waals surface area contributed by atoms with E-state index < -0.39 is 0 Å². The number of thiazole rings is 1. The fourth-order valence-corrected chi connectivity index (χ4v) is 4.14. The molecule has 0 saturated carbocycles. The van der Waals surface area contributed by atoms with Crippen LogP contribution in [0.25, 0.3) is 10.2 Å². The maximum Gasteiger partial charge on any atom is 0.233 e. The molecule has 0 N–H and O–H groups in total. The number of para-hydroxylation sites is 1. The van der Waals surface area contributed by atoms with Crippen molar-refractivity contribution in [1.29, 1.82) is 0 Å². The third-order valence-electron chi connectivity index (χ3n) is 4.62. The van der Waals surface area contributed by atoms with E-state index in [1.54, 1.807) is 29.4 Å². The highest BCUT2D eigenvalue weighted by Gasteiger charge is 2.22. The normalized spacial score (nSPS) is 11.1. The number of anilines is 1. The minimum absolute atomic E-state index is 0.109. The molecule has 0 radical (unpaired) electrons. The summed E-state index contributed by atoms with van der Waals surface area (Å²) in [6.45, 7) is 4.27. The van der Waals surface area contributed by atoms with Crippen LogP contribution in [0.3, 0.4) is 0 Å². The summed E-state index contributed by atoms with van der Waals surface area (Å²) in [5.41, 5.74) is 3.48. The van der Waals surface area contributed by atoms with Crippen LogP contribution in [0.15, 0.2) is 59.2 Å². The molecule has 0 unspecified atom stereocenters. The largest absolute Gasteiger partial charge is 0.467 e. The van der Waals surface area contributed by atoms with Gasteiger partial charge in [0.2, 0.25) is 5.91 Å². The zero-order valence-corrected chi connectivity index (χ0v) is 16.4. The predicted octanol–water partition coefficient (Wildman–Crippen LogP) is 5.42. The van der Waals surface area contributed by atoms with E-state index in [4.69, 9.17) is 4.42 Å². The number of nitrogens with zero attached hydrogens (tertiary/aromatic N) is 2. The molecule has 2 heterocycles. The van der Waals surface area contributed by atoms with E-state index in [1.165, 1.54) is 17.4 Å². The summed E-state index contributed by atoms with van der Waals surface area (Å²) in [7, 11) is 0. The lowest BCUT2D eigenvalue weighted by atomic mass is 10.0. The smallest absolute Gasteiger partial charge is 0.233 e. The van der Waals surface area contributed by atoms with Gasteiger partial charge in [-0.1, -0.05) is 41.2 Å². The maximum atomic E-state index is 14.1. The molecule has 0 atom stereocenters. The van der Waals surface area contributed by atoms with Crippen molar-refractivity contribution in [3.8, 4) is 0 Å². The van der Waals surface area contributed by atoms with Crippen LogP contribution in [0.2, 0.25) is 0 Å². The Kier molecular flexibility index (Phi) is 4.96.